The second kappa shape index (κ2) is 8.29. The van der Waals surface area contributed by atoms with E-state index >= 15 is 0 Å². The number of nitrogens with one attached hydrogen (secondary N) is 1. The van der Waals surface area contributed by atoms with Crippen molar-refractivity contribution < 1.29 is 4.79 Å². The molecule has 1 fully saturated rings. The van der Waals surface area contributed by atoms with Crippen molar-refractivity contribution in [3.05, 3.63) is 48.0 Å². The van der Waals surface area contributed by atoms with Crippen LogP contribution in [-0.4, -0.2) is 29.4 Å². The first-order valence-electron chi connectivity index (χ1n) is 8.15. The molecule has 0 saturated heterocycles. The minimum Gasteiger partial charge on any atom is -0.337 e. The van der Waals surface area contributed by atoms with Crippen molar-refractivity contribution in [2.75, 3.05) is 13.1 Å². The molecule has 5 nitrogen and oxygen atoms in total. The van der Waals surface area contributed by atoms with Gasteiger partial charge in [0.05, 0.1) is 24.2 Å². The Labute approximate surface area is 143 Å². The Bertz CT molecular complexity index is 677. The van der Waals surface area contributed by atoms with Crippen molar-refractivity contribution in [1.82, 2.24) is 10.2 Å². The number of rotatable bonds is 7. The number of hydrogen-bond acceptors (Lipinski definition) is 4. The average molecular weight is 322 g/mol. The molecule has 0 unspecified atom stereocenters. The number of carbonyl (C=O) groups is 1. The van der Waals surface area contributed by atoms with E-state index in [0.717, 1.165) is 31.2 Å². The van der Waals surface area contributed by atoms with E-state index in [9.17, 15) is 10.1 Å². The summed E-state index contributed by atoms with van der Waals surface area (Å²) in [6, 6.07) is 11.7. The van der Waals surface area contributed by atoms with Gasteiger partial charge in [0.1, 0.15) is 5.54 Å². The molecule has 24 heavy (non-hydrogen) atoms. The predicted molar refractivity (Wildman–Crippen MR) is 91.6 cm³/mol. The largest absolute Gasteiger partial charge is 0.337 e. The van der Waals surface area contributed by atoms with E-state index in [1.165, 1.54) is 0 Å². The summed E-state index contributed by atoms with van der Waals surface area (Å²) in [7, 11) is 0. The molecule has 124 valence electrons. The summed E-state index contributed by atoms with van der Waals surface area (Å²) in [6.07, 6.45) is 5.15. The minimum atomic E-state index is -0.697. The van der Waals surface area contributed by atoms with Crippen LogP contribution in [0.5, 0.6) is 0 Å². The van der Waals surface area contributed by atoms with Gasteiger partial charge in [-0.15, -0.1) is 6.58 Å². The Morgan fingerprint density at radius 2 is 2.12 bits per heavy atom. The van der Waals surface area contributed by atoms with Crippen molar-refractivity contribution in [2.45, 2.75) is 37.8 Å². The zero-order chi connectivity index (χ0) is 17.4. The molecular formula is C19H22N4O. The van der Waals surface area contributed by atoms with Crippen LogP contribution in [0.3, 0.4) is 0 Å². The molecule has 1 aromatic carbocycles. The summed E-state index contributed by atoms with van der Waals surface area (Å²) in [6.45, 7) is 5.05. The highest BCUT2D eigenvalue weighted by Gasteiger charge is 2.35. The van der Waals surface area contributed by atoms with Crippen molar-refractivity contribution in [2.24, 2.45) is 0 Å². The fourth-order valence-electron chi connectivity index (χ4n) is 3.12. The summed E-state index contributed by atoms with van der Waals surface area (Å²) < 4.78 is 0. The van der Waals surface area contributed by atoms with Gasteiger partial charge in [0.25, 0.3) is 0 Å². The zero-order valence-corrected chi connectivity index (χ0v) is 13.8. The Hall–Kier alpha value is -2.63. The summed E-state index contributed by atoms with van der Waals surface area (Å²) in [5.41, 5.74) is 0.877. The van der Waals surface area contributed by atoms with Gasteiger partial charge in [-0.05, 0) is 43.4 Å². The molecule has 0 aromatic heterocycles. The third kappa shape index (κ3) is 4.68. The predicted octanol–water partition coefficient (Wildman–Crippen LogP) is 2.50. The van der Waals surface area contributed by atoms with E-state index in [2.05, 4.69) is 24.0 Å². The lowest BCUT2D eigenvalue weighted by molar-refractivity contribution is -0.123. The fraction of sp³-hybridized carbons (Fsp3) is 0.421. The number of amides is 1. The second-order valence-electron chi connectivity index (χ2n) is 6.22. The van der Waals surface area contributed by atoms with Crippen LogP contribution < -0.4 is 5.32 Å². The first-order chi connectivity index (χ1) is 11.6. The third-order valence-electron chi connectivity index (χ3n) is 4.27. The lowest BCUT2D eigenvalue weighted by Gasteiger charge is -2.25. The van der Waals surface area contributed by atoms with Crippen LogP contribution in [0.2, 0.25) is 0 Å². The maximum absolute atomic E-state index is 12.4. The van der Waals surface area contributed by atoms with Gasteiger partial charge >= 0.3 is 0 Å². The summed E-state index contributed by atoms with van der Waals surface area (Å²) in [5.74, 6) is -0.142. The summed E-state index contributed by atoms with van der Waals surface area (Å²) >= 11 is 0. The normalized spacial score (nSPS) is 15.5. The van der Waals surface area contributed by atoms with Gasteiger partial charge in [0.15, 0.2) is 0 Å². The third-order valence-corrected chi connectivity index (χ3v) is 4.27. The highest BCUT2D eigenvalue weighted by molar-refractivity contribution is 5.79. The second-order valence-corrected chi connectivity index (χ2v) is 6.22. The Morgan fingerprint density at radius 3 is 2.75 bits per heavy atom. The maximum atomic E-state index is 12.4. The standard InChI is InChI=1S/C19H22N4O/c1-2-10-23(13-17-7-5-6-16(11-17)12-20)14-18(24)22-19(15-21)8-3-4-9-19/h2,5-7,11H,1,3-4,8-10,13-14H2,(H,22,24). The SMILES string of the molecule is C=CCN(CC(=O)NC1(C#N)CCCC1)Cc1cccc(C#N)c1. The molecule has 1 aromatic rings. The topological polar surface area (TPSA) is 79.9 Å². The fourth-order valence-corrected chi connectivity index (χ4v) is 3.12. The first-order valence-corrected chi connectivity index (χ1v) is 8.15. The maximum Gasteiger partial charge on any atom is 0.235 e. The van der Waals surface area contributed by atoms with Crippen LogP contribution in [0.25, 0.3) is 0 Å². The highest BCUT2D eigenvalue weighted by Crippen LogP contribution is 2.28. The molecule has 2 rings (SSSR count). The van der Waals surface area contributed by atoms with Gasteiger partial charge in [-0.25, -0.2) is 0 Å². The molecule has 0 aliphatic heterocycles. The van der Waals surface area contributed by atoms with Gasteiger partial charge in [0.2, 0.25) is 5.91 Å². The highest BCUT2D eigenvalue weighted by atomic mass is 16.2. The lowest BCUT2D eigenvalue weighted by Crippen LogP contribution is -2.49. The molecule has 5 heteroatoms. The van der Waals surface area contributed by atoms with Crippen LogP contribution in [0.15, 0.2) is 36.9 Å². The summed E-state index contributed by atoms with van der Waals surface area (Å²) in [5, 5.41) is 21.3. The molecular weight excluding hydrogens is 300 g/mol. The van der Waals surface area contributed by atoms with Gasteiger partial charge in [0, 0.05) is 13.1 Å². The Balaban J connectivity index is 2.00. The van der Waals surface area contributed by atoms with E-state index in [1.807, 2.05) is 23.1 Å². The Kier molecular flexibility index (Phi) is 6.12. The molecule has 1 aliphatic carbocycles. The number of nitriles is 2. The van der Waals surface area contributed by atoms with Crippen LogP contribution in [0.1, 0.15) is 36.8 Å². The number of nitrogens with zero attached hydrogens (tertiary/aromatic N) is 3. The number of hydrogen-bond donors (Lipinski definition) is 1. The molecule has 1 aliphatic rings. The van der Waals surface area contributed by atoms with E-state index < -0.39 is 5.54 Å². The van der Waals surface area contributed by atoms with Gasteiger partial charge < -0.3 is 5.32 Å². The monoisotopic (exact) mass is 322 g/mol. The molecule has 0 atom stereocenters. The molecule has 1 saturated carbocycles. The van der Waals surface area contributed by atoms with Gasteiger partial charge in [-0.2, -0.15) is 10.5 Å². The van der Waals surface area contributed by atoms with Crippen molar-refractivity contribution in [3.8, 4) is 12.1 Å². The molecule has 1 N–H and O–H groups in total. The van der Waals surface area contributed by atoms with Gasteiger partial charge in [-0.1, -0.05) is 18.2 Å². The van der Waals surface area contributed by atoms with E-state index in [4.69, 9.17) is 5.26 Å². The average Bonchev–Trinajstić information content (AvgIpc) is 3.04. The molecule has 0 radical (unpaired) electrons. The number of carbonyl (C=O) groups excluding carboxylic acids is 1. The lowest BCUT2D eigenvalue weighted by atomic mass is 10.00. The Morgan fingerprint density at radius 1 is 1.38 bits per heavy atom. The molecule has 1 amide bonds. The van der Waals surface area contributed by atoms with Crippen molar-refractivity contribution in [1.29, 1.82) is 10.5 Å². The summed E-state index contributed by atoms with van der Waals surface area (Å²) in [4.78, 5) is 14.3. The molecule has 0 bridgehead atoms. The minimum absolute atomic E-state index is 0.142. The quantitative estimate of drug-likeness (QED) is 0.782. The number of benzene rings is 1. The van der Waals surface area contributed by atoms with Crippen LogP contribution in [-0.2, 0) is 11.3 Å². The van der Waals surface area contributed by atoms with Gasteiger partial charge in [-0.3, -0.25) is 9.69 Å². The van der Waals surface area contributed by atoms with Crippen LogP contribution in [0, 0.1) is 22.7 Å². The smallest absolute Gasteiger partial charge is 0.235 e. The van der Waals surface area contributed by atoms with Crippen LogP contribution >= 0.6 is 0 Å². The van der Waals surface area contributed by atoms with E-state index in [1.54, 1.807) is 12.1 Å². The zero-order valence-electron chi connectivity index (χ0n) is 13.8. The van der Waals surface area contributed by atoms with Crippen molar-refractivity contribution >= 4 is 5.91 Å². The van der Waals surface area contributed by atoms with Crippen molar-refractivity contribution in [3.63, 3.8) is 0 Å². The van der Waals surface area contributed by atoms with E-state index in [0.29, 0.717) is 18.7 Å². The van der Waals surface area contributed by atoms with Crippen LogP contribution in [0.4, 0.5) is 0 Å². The molecule has 0 heterocycles. The molecule has 0 spiro atoms. The first kappa shape index (κ1) is 17.7. The van der Waals surface area contributed by atoms with E-state index in [-0.39, 0.29) is 12.5 Å².